The molecule has 2 heterocycles. The maximum atomic E-state index is 2.53. The molecule has 1 aliphatic heterocycles. The zero-order chi connectivity index (χ0) is 19.3. The molecule has 4 rings (SSSR count). The van der Waals surface area contributed by atoms with Gasteiger partial charge in [-0.05, 0) is 35.8 Å². The van der Waals surface area contributed by atoms with Crippen LogP contribution in [0.5, 0.6) is 0 Å². The Morgan fingerprint density at radius 1 is 0.929 bits per heavy atom. The van der Waals surface area contributed by atoms with Gasteiger partial charge in [-0.1, -0.05) is 57.0 Å². The Bertz CT molecular complexity index is 987. The minimum atomic E-state index is 1.03. The standard InChI is InChI=1S/C26H31N2/c1-3-5-16-27-18-15-21(24-12-8-10-14-26(24)27)19-23-20-22-11-7-9-13-25(22)28(23)17-6-4-2/h7-15,18-19H,3-6,16-17,20H2,1-2H3/q+1. The Kier molecular flexibility index (Phi) is 5.76. The van der Waals surface area contributed by atoms with E-state index in [0.717, 1.165) is 19.5 Å². The molecule has 1 aliphatic rings. The number of benzene rings is 2. The van der Waals surface area contributed by atoms with Gasteiger partial charge in [0.2, 0.25) is 5.52 Å². The van der Waals surface area contributed by atoms with Gasteiger partial charge in [-0.15, -0.1) is 0 Å². The number of anilines is 1. The summed E-state index contributed by atoms with van der Waals surface area (Å²) in [4.78, 5) is 2.53. The molecule has 144 valence electrons. The lowest BCUT2D eigenvalue weighted by atomic mass is 10.1. The van der Waals surface area contributed by atoms with Gasteiger partial charge in [0.1, 0.15) is 6.54 Å². The lowest BCUT2D eigenvalue weighted by Crippen LogP contribution is -2.34. The Hall–Kier alpha value is -2.61. The lowest BCUT2D eigenvalue weighted by Gasteiger charge is -2.21. The highest BCUT2D eigenvalue weighted by atomic mass is 15.2. The normalized spacial score (nSPS) is 14.8. The first-order chi connectivity index (χ1) is 13.8. The van der Waals surface area contributed by atoms with Crippen LogP contribution in [0.3, 0.4) is 0 Å². The van der Waals surface area contributed by atoms with Gasteiger partial charge < -0.3 is 4.90 Å². The van der Waals surface area contributed by atoms with Gasteiger partial charge in [-0.2, -0.15) is 4.57 Å². The molecular weight excluding hydrogens is 340 g/mol. The zero-order valence-corrected chi connectivity index (χ0v) is 17.2. The molecule has 2 nitrogen and oxygen atoms in total. The second-order valence-electron chi connectivity index (χ2n) is 7.78. The molecule has 3 aromatic rings. The topological polar surface area (TPSA) is 7.12 Å². The van der Waals surface area contributed by atoms with Gasteiger partial charge in [-0.25, -0.2) is 0 Å². The Morgan fingerprint density at radius 2 is 1.71 bits per heavy atom. The number of aromatic nitrogens is 1. The second kappa shape index (κ2) is 8.60. The number of hydrogen-bond donors (Lipinski definition) is 0. The van der Waals surface area contributed by atoms with Crippen LogP contribution in [0.4, 0.5) is 5.69 Å². The first-order valence-corrected chi connectivity index (χ1v) is 10.8. The van der Waals surface area contributed by atoms with Crippen molar-refractivity contribution >= 4 is 22.7 Å². The molecule has 0 bridgehead atoms. The summed E-state index contributed by atoms with van der Waals surface area (Å²) in [5, 5.41) is 1.35. The number of nitrogens with zero attached hydrogens (tertiary/aromatic N) is 2. The van der Waals surface area contributed by atoms with Gasteiger partial charge in [0.15, 0.2) is 6.20 Å². The summed E-state index contributed by atoms with van der Waals surface area (Å²) in [6.45, 7) is 6.71. The molecule has 0 N–H and O–H groups in total. The molecule has 2 heteroatoms. The van der Waals surface area contributed by atoms with Crippen molar-refractivity contribution in [1.29, 1.82) is 0 Å². The fourth-order valence-electron chi connectivity index (χ4n) is 4.22. The number of unbranched alkanes of at least 4 members (excludes halogenated alkanes) is 2. The second-order valence-corrected chi connectivity index (χ2v) is 7.78. The van der Waals surface area contributed by atoms with Crippen LogP contribution in [0.25, 0.3) is 17.0 Å². The molecule has 0 aliphatic carbocycles. The molecule has 0 fully saturated rings. The molecule has 0 saturated heterocycles. The van der Waals surface area contributed by atoms with Crippen LogP contribution in [-0.4, -0.2) is 6.54 Å². The van der Waals surface area contributed by atoms with E-state index in [1.807, 2.05) is 0 Å². The fraction of sp³-hybridized carbons (Fsp3) is 0.346. The van der Waals surface area contributed by atoms with Crippen molar-refractivity contribution in [3.8, 4) is 0 Å². The SMILES string of the molecule is CCCCN1/C(=C/c2cc[n+](CCCC)c3ccccc23)Cc2ccccc21. The average Bonchev–Trinajstić information content (AvgIpc) is 3.08. The summed E-state index contributed by atoms with van der Waals surface area (Å²) in [5.41, 5.74) is 6.92. The number of hydrogen-bond acceptors (Lipinski definition) is 1. The van der Waals surface area contributed by atoms with Crippen LogP contribution >= 0.6 is 0 Å². The fourth-order valence-corrected chi connectivity index (χ4v) is 4.22. The third kappa shape index (κ3) is 3.69. The van der Waals surface area contributed by atoms with Gasteiger partial charge in [0.25, 0.3) is 0 Å². The van der Waals surface area contributed by atoms with Crippen LogP contribution in [0.1, 0.15) is 50.7 Å². The Labute approximate surface area is 169 Å². The maximum Gasteiger partial charge on any atom is 0.213 e. The van der Waals surface area contributed by atoms with Crippen LogP contribution in [0.2, 0.25) is 0 Å². The largest absolute Gasteiger partial charge is 0.345 e. The average molecular weight is 372 g/mol. The number of aryl methyl sites for hydroxylation is 1. The number of pyridine rings is 1. The van der Waals surface area contributed by atoms with Crippen molar-refractivity contribution in [2.75, 3.05) is 11.4 Å². The van der Waals surface area contributed by atoms with Crippen LogP contribution in [0, 0.1) is 0 Å². The summed E-state index contributed by atoms with van der Waals surface area (Å²) in [6.07, 6.45) is 10.6. The Morgan fingerprint density at radius 3 is 2.57 bits per heavy atom. The van der Waals surface area contributed by atoms with Crippen molar-refractivity contribution in [1.82, 2.24) is 0 Å². The van der Waals surface area contributed by atoms with Crippen molar-refractivity contribution in [2.24, 2.45) is 0 Å². The van der Waals surface area contributed by atoms with E-state index < -0.39 is 0 Å². The predicted molar refractivity (Wildman–Crippen MR) is 119 cm³/mol. The number of para-hydroxylation sites is 2. The lowest BCUT2D eigenvalue weighted by molar-refractivity contribution is -0.671. The van der Waals surface area contributed by atoms with Gasteiger partial charge in [0.05, 0.1) is 5.39 Å². The quantitative estimate of drug-likeness (QED) is 0.453. The predicted octanol–water partition coefficient (Wildman–Crippen LogP) is 6.13. The molecule has 1 aromatic heterocycles. The van der Waals surface area contributed by atoms with Gasteiger partial charge in [-0.3, -0.25) is 0 Å². The maximum absolute atomic E-state index is 2.53. The molecule has 0 unspecified atom stereocenters. The molecular formula is C26H31N2+. The molecule has 0 amide bonds. The first-order valence-electron chi connectivity index (χ1n) is 10.8. The minimum absolute atomic E-state index is 1.03. The highest BCUT2D eigenvalue weighted by Crippen LogP contribution is 2.36. The van der Waals surface area contributed by atoms with E-state index in [9.17, 15) is 0 Å². The van der Waals surface area contributed by atoms with Gasteiger partial charge in [0, 0.05) is 42.9 Å². The molecule has 28 heavy (non-hydrogen) atoms. The highest BCUT2D eigenvalue weighted by Gasteiger charge is 2.23. The van der Waals surface area contributed by atoms with E-state index in [1.165, 1.54) is 59.1 Å². The van der Waals surface area contributed by atoms with E-state index in [-0.39, 0.29) is 0 Å². The smallest absolute Gasteiger partial charge is 0.213 e. The van der Waals surface area contributed by atoms with E-state index in [4.69, 9.17) is 0 Å². The van der Waals surface area contributed by atoms with Gasteiger partial charge >= 0.3 is 0 Å². The third-order valence-corrected chi connectivity index (χ3v) is 5.77. The zero-order valence-electron chi connectivity index (χ0n) is 17.2. The molecule has 0 saturated carbocycles. The molecule has 0 atom stereocenters. The molecule has 2 aromatic carbocycles. The molecule has 0 radical (unpaired) electrons. The van der Waals surface area contributed by atoms with Crippen LogP contribution in [-0.2, 0) is 13.0 Å². The number of rotatable bonds is 7. The summed E-state index contributed by atoms with van der Waals surface area (Å²) in [6, 6.07) is 20.0. The Balaban J connectivity index is 1.75. The monoisotopic (exact) mass is 371 g/mol. The number of allylic oxidation sites excluding steroid dienone is 1. The third-order valence-electron chi connectivity index (χ3n) is 5.77. The minimum Gasteiger partial charge on any atom is -0.345 e. The first kappa shape index (κ1) is 18.7. The van der Waals surface area contributed by atoms with Crippen molar-refractivity contribution in [3.63, 3.8) is 0 Å². The van der Waals surface area contributed by atoms with Crippen LogP contribution in [0.15, 0.2) is 66.5 Å². The summed E-state index contributed by atoms with van der Waals surface area (Å²) in [5.74, 6) is 0. The summed E-state index contributed by atoms with van der Waals surface area (Å²) < 4.78 is 2.40. The van der Waals surface area contributed by atoms with E-state index >= 15 is 0 Å². The van der Waals surface area contributed by atoms with Crippen molar-refractivity contribution < 1.29 is 4.57 Å². The van der Waals surface area contributed by atoms with E-state index in [2.05, 4.69) is 90.2 Å². The van der Waals surface area contributed by atoms with Crippen molar-refractivity contribution in [2.45, 2.75) is 52.5 Å². The summed E-state index contributed by atoms with van der Waals surface area (Å²) in [7, 11) is 0. The van der Waals surface area contributed by atoms with Crippen molar-refractivity contribution in [3.05, 3.63) is 77.6 Å². The number of fused-ring (bicyclic) bond motifs is 2. The summed E-state index contributed by atoms with van der Waals surface area (Å²) >= 11 is 0. The van der Waals surface area contributed by atoms with E-state index in [0.29, 0.717) is 0 Å². The van der Waals surface area contributed by atoms with E-state index in [1.54, 1.807) is 0 Å². The highest BCUT2D eigenvalue weighted by molar-refractivity contribution is 5.87. The molecule has 0 spiro atoms. The van der Waals surface area contributed by atoms with Crippen LogP contribution < -0.4 is 9.47 Å².